The monoisotopic (exact) mass is 249 g/mol. The fourth-order valence-corrected chi connectivity index (χ4v) is 1.47. The largest absolute Gasteiger partial charge is 0.371 e. The number of nitrogens with zero attached hydrogens (tertiary/aromatic N) is 3. The zero-order valence-corrected chi connectivity index (χ0v) is 9.94. The van der Waals surface area contributed by atoms with E-state index in [0.717, 1.165) is 0 Å². The summed E-state index contributed by atoms with van der Waals surface area (Å²) in [5.41, 5.74) is -0.0736. The predicted molar refractivity (Wildman–Crippen MR) is 64.9 cm³/mol. The molecule has 0 aliphatic carbocycles. The molecule has 2 aromatic heterocycles. The van der Waals surface area contributed by atoms with Crippen molar-refractivity contribution in [2.24, 2.45) is 7.05 Å². The van der Waals surface area contributed by atoms with Crippen LogP contribution in [0.3, 0.4) is 0 Å². The lowest BCUT2D eigenvalue weighted by atomic mass is 10.2. The molecular weight excluding hydrogens is 237 g/mol. The number of hydrogen-bond acceptors (Lipinski definition) is 4. The molecule has 2 rings (SSSR count). The van der Waals surface area contributed by atoms with Crippen LogP contribution in [-0.4, -0.2) is 27.7 Å². The molecule has 2 aromatic rings. The third-order valence-electron chi connectivity index (χ3n) is 2.43. The normalized spacial score (nSPS) is 10.2. The van der Waals surface area contributed by atoms with Gasteiger partial charge in [-0.1, -0.05) is 0 Å². The minimum atomic E-state index is -0.681. The van der Waals surface area contributed by atoms with Crippen LogP contribution < -0.4 is 10.6 Å². The van der Waals surface area contributed by atoms with Crippen molar-refractivity contribution in [1.29, 1.82) is 0 Å². The number of pyridine rings is 1. The van der Waals surface area contributed by atoms with E-state index in [0.29, 0.717) is 5.82 Å². The Kier molecular flexibility index (Phi) is 3.22. The average Bonchev–Trinajstić information content (AvgIpc) is 2.75. The molecule has 0 saturated heterocycles. The van der Waals surface area contributed by atoms with Crippen LogP contribution in [0, 0.1) is 5.82 Å². The molecule has 7 heteroatoms. The summed E-state index contributed by atoms with van der Waals surface area (Å²) in [5.74, 6) is -0.704. The smallest absolute Gasteiger partial charge is 0.259 e. The molecule has 0 bridgehead atoms. The van der Waals surface area contributed by atoms with Crippen molar-refractivity contribution in [3.8, 4) is 0 Å². The highest BCUT2D eigenvalue weighted by Gasteiger charge is 2.16. The second-order valence-electron chi connectivity index (χ2n) is 3.57. The maximum absolute atomic E-state index is 13.8. The highest BCUT2D eigenvalue weighted by Crippen LogP contribution is 2.16. The Bertz CT molecular complexity index is 581. The number of hydrogen-bond donors (Lipinski definition) is 2. The highest BCUT2D eigenvalue weighted by molar-refractivity contribution is 6.04. The van der Waals surface area contributed by atoms with Crippen LogP contribution >= 0.6 is 0 Å². The molecule has 0 unspecified atom stereocenters. The van der Waals surface area contributed by atoms with Crippen LogP contribution in [0.1, 0.15) is 10.4 Å². The van der Waals surface area contributed by atoms with Gasteiger partial charge < -0.3 is 10.6 Å². The van der Waals surface area contributed by atoms with Crippen molar-refractivity contribution >= 4 is 17.5 Å². The van der Waals surface area contributed by atoms with E-state index in [1.807, 2.05) is 0 Å². The average molecular weight is 249 g/mol. The minimum absolute atomic E-state index is 0.0349. The van der Waals surface area contributed by atoms with Crippen molar-refractivity contribution in [2.45, 2.75) is 0 Å². The lowest BCUT2D eigenvalue weighted by molar-refractivity contribution is 0.102. The van der Waals surface area contributed by atoms with E-state index >= 15 is 0 Å². The van der Waals surface area contributed by atoms with Gasteiger partial charge in [-0.3, -0.25) is 9.48 Å². The van der Waals surface area contributed by atoms with Gasteiger partial charge in [-0.2, -0.15) is 5.10 Å². The number of carbonyl (C=O) groups is 1. The Morgan fingerprint density at radius 3 is 2.78 bits per heavy atom. The van der Waals surface area contributed by atoms with Crippen molar-refractivity contribution < 1.29 is 9.18 Å². The van der Waals surface area contributed by atoms with E-state index in [1.54, 1.807) is 13.1 Å². The van der Waals surface area contributed by atoms with Crippen LogP contribution in [0.25, 0.3) is 0 Å². The van der Waals surface area contributed by atoms with Gasteiger partial charge >= 0.3 is 0 Å². The predicted octanol–water partition coefficient (Wildman–Crippen LogP) is 1.25. The van der Waals surface area contributed by atoms with Gasteiger partial charge in [-0.15, -0.1) is 0 Å². The van der Waals surface area contributed by atoms with Gasteiger partial charge in [0.15, 0.2) is 11.6 Å². The second-order valence-corrected chi connectivity index (χ2v) is 3.57. The molecule has 0 aliphatic heterocycles. The summed E-state index contributed by atoms with van der Waals surface area (Å²) >= 11 is 0. The van der Waals surface area contributed by atoms with E-state index in [2.05, 4.69) is 20.7 Å². The SMILES string of the molecule is CNc1nccc(C(=O)Nc2ccnn2C)c1F. The molecule has 0 atom stereocenters. The third kappa shape index (κ3) is 2.15. The van der Waals surface area contributed by atoms with Crippen molar-refractivity contribution in [3.05, 3.63) is 35.9 Å². The fourth-order valence-electron chi connectivity index (χ4n) is 1.47. The Balaban J connectivity index is 2.27. The molecule has 0 saturated carbocycles. The summed E-state index contributed by atoms with van der Waals surface area (Å²) in [6.45, 7) is 0. The van der Waals surface area contributed by atoms with Crippen molar-refractivity contribution in [3.63, 3.8) is 0 Å². The van der Waals surface area contributed by atoms with Gasteiger partial charge in [0, 0.05) is 26.4 Å². The maximum Gasteiger partial charge on any atom is 0.259 e. The molecule has 0 aliphatic rings. The van der Waals surface area contributed by atoms with E-state index in [-0.39, 0.29) is 11.4 Å². The van der Waals surface area contributed by atoms with Crippen molar-refractivity contribution in [1.82, 2.24) is 14.8 Å². The summed E-state index contributed by atoms with van der Waals surface area (Å²) in [5, 5.41) is 9.04. The number of aryl methyl sites for hydroxylation is 1. The van der Waals surface area contributed by atoms with Gasteiger partial charge in [0.05, 0.1) is 11.8 Å². The molecule has 1 amide bonds. The standard InChI is InChI=1S/C11H12FN5O/c1-13-10-9(12)7(3-5-14-10)11(18)16-8-4-6-15-17(8)2/h3-6H,1-2H3,(H,13,14)(H,16,18). The van der Waals surface area contributed by atoms with Gasteiger partial charge in [0.1, 0.15) is 5.82 Å². The number of aromatic nitrogens is 3. The topological polar surface area (TPSA) is 71.8 Å². The molecule has 0 aromatic carbocycles. The fraction of sp³-hybridized carbons (Fsp3) is 0.182. The first kappa shape index (κ1) is 12.0. The molecular formula is C11H12FN5O. The van der Waals surface area contributed by atoms with E-state index < -0.39 is 11.7 Å². The Morgan fingerprint density at radius 2 is 2.17 bits per heavy atom. The Labute approximate surface area is 103 Å². The lowest BCUT2D eigenvalue weighted by Gasteiger charge is -2.08. The van der Waals surface area contributed by atoms with Gasteiger partial charge in [-0.05, 0) is 6.07 Å². The molecule has 0 radical (unpaired) electrons. The summed E-state index contributed by atoms with van der Waals surface area (Å²) in [7, 11) is 3.21. The zero-order chi connectivity index (χ0) is 13.1. The van der Waals surface area contributed by atoms with Gasteiger partial charge in [0.2, 0.25) is 0 Å². The number of amides is 1. The van der Waals surface area contributed by atoms with Crippen LogP contribution in [0.4, 0.5) is 16.0 Å². The van der Waals surface area contributed by atoms with Gasteiger partial charge in [-0.25, -0.2) is 9.37 Å². The minimum Gasteiger partial charge on any atom is -0.371 e. The Morgan fingerprint density at radius 1 is 1.39 bits per heavy atom. The number of anilines is 2. The number of halogens is 1. The van der Waals surface area contributed by atoms with E-state index in [9.17, 15) is 9.18 Å². The number of carbonyl (C=O) groups excluding carboxylic acids is 1. The molecule has 2 N–H and O–H groups in total. The lowest BCUT2D eigenvalue weighted by Crippen LogP contribution is -2.17. The third-order valence-corrected chi connectivity index (χ3v) is 2.43. The first-order valence-corrected chi connectivity index (χ1v) is 5.25. The molecule has 6 nitrogen and oxygen atoms in total. The number of nitrogens with one attached hydrogen (secondary N) is 2. The maximum atomic E-state index is 13.8. The van der Waals surface area contributed by atoms with Crippen molar-refractivity contribution in [2.75, 3.05) is 17.7 Å². The van der Waals surface area contributed by atoms with Crippen LogP contribution in [0.2, 0.25) is 0 Å². The summed E-state index contributed by atoms with van der Waals surface area (Å²) in [4.78, 5) is 15.7. The molecule has 18 heavy (non-hydrogen) atoms. The van der Waals surface area contributed by atoms with E-state index in [4.69, 9.17) is 0 Å². The van der Waals surface area contributed by atoms with Gasteiger partial charge in [0.25, 0.3) is 5.91 Å². The first-order chi connectivity index (χ1) is 8.63. The van der Waals surface area contributed by atoms with Crippen LogP contribution in [0.15, 0.2) is 24.5 Å². The van der Waals surface area contributed by atoms with Crippen LogP contribution in [0.5, 0.6) is 0 Å². The second kappa shape index (κ2) is 4.82. The molecule has 2 heterocycles. The number of rotatable bonds is 3. The summed E-state index contributed by atoms with van der Waals surface area (Å²) < 4.78 is 15.3. The molecule has 0 fully saturated rings. The summed E-state index contributed by atoms with van der Waals surface area (Å²) in [6.07, 6.45) is 2.91. The summed E-state index contributed by atoms with van der Waals surface area (Å²) in [6, 6.07) is 2.94. The zero-order valence-electron chi connectivity index (χ0n) is 9.94. The quantitative estimate of drug-likeness (QED) is 0.858. The van der Waals surface area contributed by atoms with E-state index in [1.165, 1.54) is 30.2 Å². The molecule has 0 spiro atoms. The highest BCUT2D eigenvalue weighted by atomic mass is 19.1. The Hall–Kier alpha value is -2.44. The molecule has 94 valence electrons. The van der Waals surface area contributed by atoms with Crippen LogP contribution in [-0.2, 0) is 7.05 Å². The first-order valence-electron chi connectivity index (χ1n) is 5.25.